The summed E-state index contributed by atoms with van der Waals surface area (Å²) in [6.07, 6.45) is 6.09. The molecule has 4 atom stereocenters. The van der Waals surface area contributed by atoms with Crippen LogP contribution < -0.4 is 26.0 Å². The molecule has 3 aromatic heterocycles. The number of urea groups is 1. The third-order valence-electron chi connectivity index (χ3n) is 9.89. The van der Waals surface area contributed by atoms with Crippen molar-refractivity contribution in [2.24, 2.45) is 11.3 Å². The third-order valence-corrected chi connectivity index (χ3v) is 10.8. The standard InChI is InChI=1S/C39H51N7O6S/c1-38(2,3)33(44-37(51)45-39(4,5)6)36(50)46-21-24(52-30-20-27(25-12-7-8-16-40-25)42-26-15-17-53-32(26)30)19-29(46)34(48)43-28(18-22-10-9-11-22)31(47)35(49)41-23-13-14-23/h7-8,12,15-17,20,22-24,28-29,33H,9-11,13-14,18-19,21H2,1-6H3,(H,41,49)(H,43,48)(H2,44,45,51)/t24-,28?,29+,33?/m1/s1. The van der Waals surface area contributed by atoms with Gasteiger partial charge in [0.25, 0.3) is 5.91 Å². The van der Waals surface area contributed by atoms with Crippen LogP contribution in [0.5, 0.6) is 5.75 Å². The number of hydrogen-bond donors (Lipinski definition) is 4. The van der Waals surface area contributed by atoms with Crippen molar-refractivity contribution in [3.63, 3.8) is 0 Å². The molecule has 5 amide bonds. The summed E-state index contributed by atoms with van der Waals surface area (Å²) < 4.78 is 7.47. The lowest BCUT2D eigenvalue weighted by atomic mass is 9.80. The summed E-state index contributed by atoms with van der Waals surface area (Å²) in [6, 6.07) is 5.72. The molecule has 2 aliphatic carbocycles. The topological polar surface area (TPSA) is 172 Å². The molecule has 6 rings (SSSR count). The van der Waals surface area contributed by atoms with Gasteiger partial charge in [-0.3, -0.25) is 24.2 Å². The number of aromatic nitrogens is 2. The number of pyridine rings is 2. The fourth-order valence-electron chi connectivity index (χ4n) is 6.74. The number of Topliss-reactive ketones (excluding diaryl/α,β-unsaturated/α-hetero) is 1. The lowest BCUT2D eigenvalue weighted by molar-refractivity contribution is -0.144. The lowest BCUT2D eigenvalue weighted by Crippen LogP contribution is -2.61. The van der Waals surface area contributed by atoms with E-state index in [9.17, 15) is 24.0 Å². The second-order valence-corrected chi connectivity index (χ2v) is 17.6. The fraction of sp³-hybridized carbons (Fsp3) is 0.564. The Morgan fingerprint density at radius 3 is 2.36 bits per heavy atom. The molecule has 53 heavy (non-hydrogen) atoms. The predicted molar refractivity (Wildman–Crippen MR) is 202 cm³/mol. The van der Waals surface area contributed by atoms with Crippen molar-refractivity contribution >= 4 is 51.1 Å². The van der Waals surface area contributed by atoms with E-state index < -0.39 is 64.7 Å². The second kappa shape index (κ2) is 15.4. The van der Waals surface area contributed by atoms with Crippen LogP contribution in [0.15, 0.2) is 41.9 Å². The molecule has 13 nitrogen and oxygen atoms in total. The minimum atomic E-state index is -1.04. The molecule has 3 aliphatic rings. The van der Waals surface area contributed by atoms with E-state index in [1.165, 1.54) is 16.2 Å². The maximum absolute atomic E-state index is 14.6. The first kappa shape index (κ1) is 38.1. The number of likely N-dealkylation sites (tertiary alicyclic amines) is 1. The highest BCUT2D eigenvalue weighted by molar-refractivity contribution is 7.17. The van der Waals surface area contributed by atoms with Crippen LogP contribution in [0, 0.1) is 11.3 Å². The first-order valence-electron chi connectivity index (χ1n) is 18.6. The van der Waals surface area contributed by atoms with E-state index in [1.54, 1.807) is 6.20 Å². The number of ether oxygens (including phenoxy) is 1. The number of carbonyl (C=O) groups is 5. The van der Waals surface area contributed by atoms with Gasteiger partial charge in [-0.2, -0.15) is 0 Å². The number of thiophene rings is 1. The number of ketones is 1. The quantitative estimate of drug-likeness (QED) is 0.193. The maximum Gasteiger partial charge on any atom is 0.315 e. The van der Waals surface area contributed by atoms with Gasteiger partial charge in [0.2, 0.25) is 17.6 Å². The number of fused-ring (bicyclic) bond motifs is 1. The third kappa shape index (κ3) is 9.51. The zero-order chi connectivity index (χ0) is 38.1. The van der Waals surface area contributed by atoms with Crippen molar-refractivity contribution in [1.29, 1.82) is 0 Å². The van der Waals surface area contributed by atoms with Crippen LogP contribution in [0.1, 0.15) is 86.5 Å². The normalized spacial score (nSPS) is 20.2. The highest BCUT2D eigenvalue weighted by Crippen LogP contribution is 2.36. The highest BCUT2D eigenvalue weighted by Gasteiger charge is 2.47. The molecule has 3 fully saturated rings. The molecule has 2 unspecified atom stereocenters. The monoisotopic (exact) mass is 745 g/mol. The van der Waals surface area contributed by atoms with Crippen molar-refractivity contribution in [3.8, 4) is 17.1 Å². The molecule has 0 bridgehead atoms. The largest absolute Gasteiger partial charge is 0.487 e. The van der Waals surface area contributed by atoms with E-state index in [1.807, 2.05) is 77.3 Å². The van der Waals surface area contributed by atoms with Gasteiger partial charge in [-0.25, -0.2) is 9.78 Å². The summed E-state index contributed by atoms with van der Waals surface area (Å²) in [5.74, 6) is -1.59. The number of hydrogen-bond acceptors (Lipinski definition) is 9. The Morgan fingerprint density at radius 2 is 1.74 bits per heavy atom. The van der Waals surface area contributed by atoms with Crippen LogP contribution in [-0.2, 0) is 19.2 Å². The molecule has 1 saturated heterocycles. The lowest BCUT2D eigenvalue weighted by Gasteiger charge is -2.36. The van der Waals surface area contributed by atoms with Crippen molar-refractivity contribution in [2.75, 3.05) is 6.54 Å². The molecule has 0 aromatic carbocycles. The average molecular weight is 746 g/mol. The number of nitrogens with zero attached hydrogens (tertiary/aromatic N) is 3. The summed E-state index contributed by atoms with van der Waals surface area (Å²) in [5.41, 5.74) is 0.741. The molecule has 3 aromatic rings. The van der Waals surface area contributed by atoms with Gasteiger partial charge in [0.15, 0.2) is 0 Å². The summed E-state index contributed by atoms with van der Waals surface area (Å²) in [5, 5.41) is 13.3. The molecule has 4 heterocycles. The van der Waals surface area contributed by atoms with Crippen LogP contribution >= 0.6 is 11.3 Å². The maximum atomic E-state index is 14.6. The summed E-state index contributed by atoms with van der Waals surface area (Å²) in [4.78, 5) is 79.2. The van der Waals surface area contributed by atoms with Gasteiger partial charge in [-0.05, 0) is 74.9 Å². The Kier molecular flexibility index (Phi) is 11.1. The molecule has 14 heteroatoms. The SMILES string of the molecule is CC(C)(C)NC(=O)NC(C(=O)N1C[C@H](Oc2cc(-c3ccccn3)nc3ccsc23)C[C@H]1C(=O)NC(CC1CCC1)C(=O)C(=O)NC1CC1)C(C)(C)C. The highest BCUT2D eigenvalue weighted by atomic mass is 32.1. The number of amides is 5. The molecule has 0 radical (unpaired) electrons. The molecule has 2 saturated carbocycles. The summed E-state index contributed by atoms with van der Waals surface area (Å²) in [7, 11) is 0. The molecule has 4 N–H and O–H groups in total. The van der Waals surface area contributed by atoms with Crippen LogP contribution in [0.3, 0.4) is 0 Å². The van der Waals surface area contributed by atoms with Gasteiger partial charge in [0.1, 0.15) is 23.9 Å². The van der Waals surface area contributed by atoms with E-state index in [-0.39, 0.29) is 24.9 Å². The smallest absolute Gasteiger partial charge is 0.315 e. The minimum absolute atomic E-state index is 0.00847. The van der Waals surface area contributed by atoms with Crippen molar-refractivity contribution in [2.45, 2.75) is 122 Å². The van der Waals surface area contributed by atoms with E-state index >= 15 is 0 Å². The van der Waals surface area contributed by atoms with Crippen LogP contribution in [0.25, 0.3) is 21.6 Å². The Bertz CT molecular complexity index is 1840. The first-order valence-corrected chi connectivity index (χ1v) is 19.4. The summed E-state index contributed by atoms with van der Waals surface area (Å²) in [6.45, 7) is 11.1. The van der Waals surface area contributed by atoms with Crippen LogP contribution in [-0.4, -0.2) is 86.8 Å². The Morgan fingerprint density at radius 1 is 0.981 bits per heavy atom. The van der Waals surface area contributed by atoms with Gasteiger partial charge >= 0.3 is 6.03 Å². The summed E-state index contributed by atoms with van der Waals surface area (Å²) >= 11 is 1.47. The van der Waals surface area contributed by atoms with Gasteiger partial charge in [0, 0.05) is 30.3 Å². The average Bonchev–Trinajstić information content (AvgIpc) is 3.57. The Balaban J connectivity index is 1.29. The number of rotatable bonds is 12. The minimum Gasteiger partial charge on any atom is -0.487 e. The van der Waals surface area contributed by atoms with Gasteiger partial charge < -0.3 is 30.9 Å². The van der Waals surface area contributed by atoms with E-state index in [4.69, 9.17) is 9.72 Å². The zero-order valence-corrected chi connectivity index (χ0v) is 32.2. The van der Waals surface area contributed by atoms with Gasteiger partial charge in [-0.15, -0.1) is 11.3 Å². The van der Waals surface area contributed by atoms with Crippen molar-refractivity contribution in [1.82, 2.24) is 36.1 Å². The molecular weight excluding hydrogens is 695 g/mol. The fourth-order valence-corrected chi connectivity index (χ4v) is 7.53. The van der Waals surface area contributed by atoms with E-state index in [0.29, 0.717) is 23.6 Å². The molecule has 0 spiro atoms. The first-order chi connectivity index (χ1) is 25.1. The Hall–Kier alpha value is -4.59. The Labute approximate surface area is 314 Å². The second-order valence-electron chi connectivity index (χ2n) is 16.7. The molecular formula is C39H51N7O6S. The van der Waals surface area contributed by atoms with Crippen LogP contribution in [0.2, 0.25) is 0 Å². The molecule has 284 valence electrons. The van der Waals surface area contributed by atoms with Crippen molar-refractivity contribution < 1.29 is 28.7 Å². The van der Waals surface area contributed by atoms with Gasteiger partial charge in [0.05, 0.1) is 34.2 Å². The van der Waals surface area contributed by atoms with Crippen LogP contribution in [0.4, 0.5) is 4.79 Å². The predicted octanol–water partition coefficient (Wildman–Crippen LogP) is 4.74. The van der Waals surface area contributed by atoms with E-state index in [0.717, 1.165) is 42.3 Å². The van der Waals surface area contributed by atoms with E-state index in [2.05, 4.69) is 26.3 Å². The van der Waals surface area contributed by atoms with Crippen molar-refractivity contribution in [3.05, 3.63) is 41.9 Å². The number of carbonyl (C=O) groups excluding carboxylic acids is 5. The van der Waals surface area contributed by atoms with Gasteiger partial charge in [-0.1, -0.05) is 46.1 Å². The zero-order valence-electron chi connectivity index (χ0n) is 31.4. The molecule has 1 aliphatic heterocycles. The number of nitrogens with one attached hydrogen (secondary N) is 4.